The van der Waals surface area contributed by atoms with Crippen LogP contribution in [0.15, 0.2) is 18.2 Å². The SMILES string of the molecule is CNC(=O)C[C@@H]1C(=O)NCCN1Cc1cccc(OC)c1OC. The Bertz CT molecular complexity index is 576. The van der Waals surface area contributed by atoms with Gasteiger partial charge in [-0.3, -0.25) is 14.5 Å². The lowest BCUT2D eigenvalue weighted by molar-refractivity contribution is -0.134. The predicted molar refractivity (Wildman–Crippen MR) is 85.4 cm³/mol. The summed E-state index contributed by atoms with van der Waals surface area (Å²) >= 11 is 0. The fourth-order valence-corrected chi connectivity index (χ4v) is 2.75. The average molecular weight is 321 g/mol. The van der Waals surface area contributed by atoms with E-state index in [1.54, 1.807) is 21.3 Å². The number of benzene rings is 1. The number of nitrogens with one attached hydrogen (secondary N) is 2. The first-order chi connectivity index (χ1) is 11.1. The highest BCUT2D eigenvalue weighted by molar-refractivity contribution is 5.88. The summed E-state index contributed by atoms with van der Waals surface area (Å²) in [5, 5.41) is 5.38. The molecule has 0 unspecified atom stereocenters. The fourth-order valence-electron chi connectivity index (χ4n) is 2.75. The Hall–Kier alpha value is -2.28. The molecule has 0 saturated carbocycles. The third-order valence-electron chi connectivity index (χ3n) is 3.96. The average Bonchev–Trinajstić information content (AvgIpc) is 2.57. The molecule has 0 aromatic heterocycles. The summed E-state index contributed by atoms with van der Waals surface area (Å²) < 4.78 is 10.8. The number of hydrogen-bond acceptors (Lipinski definition) is 5. The smallest absolute Gasteiger partial charge is 0.237 e. The Morgan fingerprint density at radius 1 is 1.39 bits per heavy atom. The highest BCUT2D eigenvalue weighted by Crippen LogP contribution is 2.32. The van der Waals surface area contributed by atoms with Crippen LogP contribution in [0.1, 0.15) is 12.0 Å². The molecule has 1 aliphatic rings. The van der Waals surface area contributed by atoms with E-state index in [4.69, 9.17) is 9.47 Å². The number of piperazine rings is 1. The Morgan fingerprint density at radius 2 is 2.17 bits per heavy atom. The van der Waals surface area contributed by atoms with Crippen LogP contribution in [0, 0.1) is 0 Å². The van der Waals surface area contributed by atoms with Crippen molar-refractivity contribution in [1.82, 2.24) is 15.5 Å². The lowest BCUT2D eigenvalue weighted by Gasteiger charge is -2.35. The number of hydrogen-bond donors (Lipinski definition) is 2. The molecule has 7 nitrogen and oxygen atoms in total. The molecule has 0 spiro atoms. The molecule has 1 aromatic rings. The monoisotopic (exact) mass is 321 g/mol. The molecule has 0 radical (unpaired) electrons. The minimum Gasteiger partial charge on any atom is -0.493 e. The van der Waals surface area contributed by atoms with Crippen LogP contribution in [0.3, 0.4) is 0 Å². The van der Waals surface area contributed by atoms with Gasteiger partial charge in [0, 0.05) is 32.2 Å². The number of rotatable bonds is 6. The number of ether oxygens (including phenoxy) is 2. The van der Waals surface area contributed by atoms with Crippen molar-refractivity contribution >= 4 is 11.8 Å². The summed E-state index contributed by atoms with van der Waals surface area (Å²) in [6.45, 7) is 1.75. The van der Waals surface area contributed by atoms with Crippen LogP contribution in [-0.2, 0) is 16.1 Å². The second kappa shape index (κ2) is 7.82. The number of carbonyl (C=O) groups excluding carboxylic acids is 2. The summed E-state index contributed by atoms with van der Waals surface area (Å²) in [4.78, 5) is 25.8. The summed E-state index contributed by atoms with van der Waals surface area (Å²) in [5.74, 6) is 1.02. The van der Waals surface area contributed by atoms with Crippen LogP contribution in [0.4, 0.5) is 0 Å². The highest BCUT2D eigenvalue weighted by Gasteiger charge is 2.32. The van der Waals surface area contributed by atoms with Gasteiger partial charge in [-0.15, -0.1) is 0 Å². The quantitative estimate of drug-likeness (QED) is 0.779. The van der Waals surface area contributed by atoms with Crippen molar-refractivity contribution in [1.29, 1.82) is 0 Å². The lowest BCUT2D eigenvalue weighted by atomic mass is 10.1. The minimum atomic E-state index is -0.486. The van der Waals surface area contributed by atoms with Gasteiger partial charge in [0.2, 0.25) is 11.8 Å². The van der Waals surface area contributed by atoms with Crippen molar-refractivity contribution in [3.63, 3.8) is 0 Å². The number of amides is 2. The molecule has 1 atom stereocenters. The fraction of sp³-hybridized carbons (Fsp3) is 0.500. The van der Waals surface area contributed by atoms with Crippen LogP contribution >= 0.6 is 0 Å². The van der Waals surface area contributed by atoms with Gasteiger partial charge in [0.1, 0.15) is 0 Å². The first-order valence-corrected chi connectivity index (χ1v) is 7.53. The van der Waals surface area contributed by atoms with Gasteiger partial charge in [-0.25, -0.2) is 0 Å². The molecule has 2 amide bonds. The maximum atomic E-state index is 12.1. The van der Waals surface area contributed by atoms with Crippen molar-refractivity contribution in [2.24, 2.45) is 0 Å². The molecule has 2 rings (SSSR count). The number of para-hydroxylation sites is 1. The first-order valence-electron chi connectivity index (χ1n) is 7.53. The molecular weight excluding hydrogens is 298 g/mol. The van der Waals surface area contributed by atoms with Gasteiger partial charge in [-0.2, -0.15) is 0 Å². The zero-order chi connectivity index (χ0) is 16.8. The van der Waals surface area contributed by atoms with Gasteiger partial charge >= 0.3 is 0 Å². The highest BCUT2D eigenvalue weighted by atomic mass is 16.5. The van der Waals surface area contributed by atoms with E-state index in [9.17, 15) is 9.59 Å². The Balaban J connectivity index is 2.22. The molecule has 0 aliphatic carbocycles. The molecular formula is C16H23N3O4. The molecule has 1 fully saturated rings. The summed E-state index contributed by atoms with van der Waals surface area (Å²) in [6, 6.07) is 5.16. The normalized spacial score (nSPS) is 18.2. The zero-order valence-corrected chi connectivity index (χ0v) is 13.7. The summed E-state index contributed by atoms with van der Waals surface area (Å²) in [6.07, 6.45) is 0.134. The Morgan fingerprint density at radius 3 is 2.83 bits per heavy atom. The van der Waals surface area contributed by atoms with Crippen LogP contribution < -0.4 is 20.1 Å². The van der Waals surface area contributed by atoms with Crippen molar-refractivity contribution in [3.8, 4) is 11.5 Å². The Labute approximate surface area is 135 Å². The second-order valence-corrected chi connectivity index (χ2v) is 5.31. The number of carbonyl (C=O) groups is 2. The van der Waals surface area contributed by atoms with Gasteiger partial charge < -0.3 is 20.1 Å². The number of methoxy groups -OCH3 is 2. The standard InChI is InChI=1S/C16H23N3O4/c1-17-14(20)9-12-16(21)18-7-8-19(12)10-11-5-4-6-13(22-2)15(11)23-3/h4-6,12H,7-10H2,1-3H3,(H,17,20)(H,18,21)/t12-/m1/s1. The van der Waals surface area contributed by atoms with E-state index in [1.807, 2.05) is 23.1 Å². The molecule has 1 aliphatic heterocycles. The minimum absolute atomic E-state index is 0.123. The van der Waals surface area contributed by atoms with Gasteiger partial charge in [0.25, 0.3) is 0 Å². The third-order valence-corrected chi connectivity index (χ3v) is 3.96. The van der Waals surface area contributed by atoms with E-state index in [-0.39, 0.29) is 18.2 Å². The zero-order valence-electron chi connectivity index (χ0n) is 13.7. The molecule has 1 aromatic carbocycles. The summed E-state index contributed by atoms with van der Waals surface area (Å²) in [5.41, 5.74) is 0.920. The molecule has 1 saturated heterocycles. The molecule has 1 heterocycles. The van der Waals surface area contributed by atoms with Crippen LogP contribution in [0.25, 0.3) is 0 Å². The maximum absolute atomic E-state index is 12.1. The van der Waals surface area contributed by atoms with Crippen molar-refractivity contribution in [3.05, 3.63) is 23.8 Å². The maximum Gasteiger partial charge on any atom is 0.237 e. The number of nitrogens with zero attached hydrogens (tertiary/aromatic N) is 1. The van der Waals surface area contributed by atoms with E-state index >= 15 is 0 Å². The van der Waals surface area contributed by atoms with Gasteiger partial charge in [-0.05, 0) is 6.07 Å². The van der Waals surface area contributed by atoms with Crippen molar-refractivity contribution in [2.75, 3.05) is 34.4 Å². The van der Waals surface area contributed by atoms with Crippen LogP contribution in [-0.4, -0.2) is 57.1 Å². The molecule has 126 valence electrons. The van der Waals surface area contributed by atoms with Gasteiger partial charge in [0.05, 0.1) is 26.7 Å². The first kappa shape index (κ1) is 17.1. The lowest BCUT2D eigenvalue weighted by Crippen LogP contribution is -2.56. The van der Waals surface area contributed by atoms with E-state index in [0.717, 1.165) is 5.56 Å². The third kappa shape index (κ3) is 3.92. The van der Waals surface area contributed by atoms with E-state index in [0.29, 0.717) is 31.1 Å². The van der Waals surface area contributed by atoms with E-state index in [2.05, 4.69) is 10.6 Å². The van der Waals surface area contributed by atoms with Crippen molar-refractivity contribution < 1.29 is 19.1 Å². The second-order valence-electron chi connectivity index (χ2n) is 5.31. The van der Waals surface area contributed by atoms with Gasteiger partial charge in [-0.1, -0.05) is 12.1 Å². The molecule has 2 N–H and O–H groups in total. The molecule has 7 heteroatoms. The van der Waals surface area contributed by atoms with Crippen LogP contribution in [0.5, 0.6) is 11.5 Å². The predicted octanol–water partition coefficient (Wildman–Crippen LogP) is 0.140. The van der Waals surface area contributed by atoms with E-state index < -0.39 is 6.04 Å². The van der Waals surface area contributed by atoms with Gasteiger partial charge in [0.15, 0.2) is 11.5 Å². The van der Waals surface area contributed by atoms with Crippen LogP contribution in [0.2, 0.25) is 0 Å². The molecule has 23 heavy (non-hydrogen) atoms. The summed E-state index contributed by atoms with van der Waals surface area (Å²) in [7, 11) is 4.75. The largest absolute Gasteiger partial charge is 0.493 e. The Kier molecular flexibility index (Phi) is 5.81. The van der Waals surface area contributed by atoms with E-state index in [1.165, 1.54) is 0 Å². The van der Waals surface area contributed by atoms with Crippen molar-refractivity contribution in [2.45, 2.75) is 19.0 Å². The topological polar surface area (TPSA) is 79.9 Å². The molecule has 0 bridgehead atoms.